The molecule has 226 valence electrons. The fraction of sp³-hybridized carbons (Fsp3) is 0.469. The number of phenols is 1. The first-order valence-corrected chi connectivity index (χ1v) is 14.0. The van der Waals surface area contributed by atoms with Crippen LogP contribution in [0.15, 0.2) is 25.3 Å². The van der Waals surface area contributed by atoms with E-state index in [-0.39, 0.29) is 24.9 Å². The first-order chi connectivity index (χ1) is 20.3. The van der Waals surface area contributed by atoms with Crippen LogP contribution in [0.2, 0.25) is 0 Å². The molecule has 42 heavy (non-hydrogen) atoms. The quantitative estimate of drug-likeness (QED) is 0.303. The summed E-state index contributed by atoms with van der Waals surface area (Å²) in [5, 5.41) is 15.1. The van der Waals surface area contributed by atoms with Crippen molar-refractivity contribution >= 4 is 5.91 Å². The molecular formula is C32H40N2O8. The van der Waals surface area contributed by atoms with E-state index >= 15 is 0 Å². The molecule has 0 saturated carbocycles. The van der Waals surface area contributed by atoms with Crippen molar-refractivity contribution in [2.24, 2.45) is 0 Å². The molecule has 0 unspecified atom stereocenters. The van der Waals surface area contributed by atoms with Crippen molar-refractivity contribution in [3.63, 3.8) is 0 Å². The molecule has 0 aliphatic carbocycles. The summed E-state index contributed by atoms with van der Waals surface area (Å²) in [4.78, 5) is 16.3. The van der Waals surface area contributed by atoms with E-state index in [2.05, 4.69) is 18.5 Å². The van der Waals surface area contributed by atoms with Crippen LogP contribution in [-0.4, -0.2) is 76.3 Å². The molecule has 0 radical (unpaired) electrons. The molecule has 1 saturated heterocycles. The highest BCUT2D eigenvalue weighted by atomic mass is 16.5. The highest BCUT2D eigenvalue weighted by molar-refractivity contribution is 5.87. The number of ether oxygens (including phenoxy) is 6. The maximum atomic E-state index is 14.4. The van der Waals surface area contributed by atoms with Gasteiger partial charge in [-0.1, -0.05) is 18.7 Å². The minimum absolute atomic E-state index is 0.0502. The lowest BCUT2D eigenvalue weighted by atomic mass is 9.74. The van der Waals surface area contributed by atoms with Crippen LogP contribution in [0, 0.1) is 13.8 Å². The van der Waals surface area contributed by atoms with E-state index in [1.165, 1.54) is 7.11 Å². The van der Waals surface area contributed by atoms with E-state index in [9.17, 15) is 9.90 Å². The van der Waals surface area contributed by atoms with Crippen molar-refractivity contribution in [2.45, 2.75) is 50.9 Å². The first-order valence-electron chi connectivity index (χ1n) is 14.0. The van der Waals surface area contributed by atoms with Gasteiger partial charge in [0.2, 0.25) is 5.91 Å². The summed E-state index contributed by atoms with van der Waals surface area (Å²) in [6.45, 7) is 12.1. The molecule has 2 aromatic carbocycles. The van der Waals surface area contributed by atoms with Gasteiger partial charge in [0.25, 0.3) is 0 Å². The van der Waals surface area contributed by atoms with Crippen molar-refractivity contribution in [1.29, 1.82) is 0 Å². The van der Waals surface area contributed by atoms with Crippen molar-refractivity contribution in [3.05, 3.63) is 58.7 Å². The molecule has 10 nitrogen and oxygen atoms in total. The zero-order valence-corrected chi connectivity index (χ0v) is 25.2. The number of rotatable bonds is 11. The van der Waals surface area contributed by atoms with Crippen LogP contribution in [0.5, 0.6) is 34.5 Å². The summed E-state index contributed by atoms with van der Waals surface area (Å²) in [5.74, 6) is 2.70. The Morgan fingerprint density at radius 2 is 1.45 bits per heavy atom. The maximum Gasteiger partial charge on any atom is 0.240 e. The number of methoxy groups -OCH3 is 4. The van der Waals surface area contributed by atoms with Crippen LogP contribution in [-0.2, 0) is 22.4 Å². The van der Waals surface area contributed by atoms with Crippen LogP contribution in [0.3, 0.4) is 0 Å². The average molecular weight is 581 g/mol. The van der Waals surface area contributed by atoms with E-state index in [1.54, 1.807) is 33.5 Å². The Hall–Kier alpha value is -3.89. The van der Waals surface area contributed by atoms with Gasteiger partial charge in [-0.25, -0.2) is 0 Å². The van der Waals surface area contributed by atoms with Crippen molar-refractivity contribution in [2.75, 3.05) is 48.3 Å². The minimum Gasteiger partial charge on any atom is -0.504 e. The lowest BCUT2D eigenvalue weighted by molar-refractivity contribution is -0.148. The molecule has 1 fully saturated rings. The normalized spacial score (nSPS) is 22.0. The van der Waals surface area contributed by atoms with E-state index in [0.717, 1.165) is 22.3 Å². The fourth-order valence-electron chi connectivity index (χ4n) is 7.11. The number of piperazine rings is 1. The molecule has 1 amide bonds. The second-order valence-corrected chi connectivity index (χ2v) is 10.7. The Bertz CT molecular complexity index is 1420. The van der Waals surface area contributed by atoms with Crippen molar-refractivity contribution in [1.82, 2.24) is 10.2 Å². The van der Waals surface area contributed by atoms with E-state index in [4.69, 9.17) is 28.4 Å². The summed E-state index contributed by atoms with van der Waals surface area (Å²) < 4.78 is 35.6. The predicted octanol–water partition coefficient (Wildman–Crippen LogP) is 3.87. The van der Waals surface area contributed by atoms with E-state index in [1.807, 2.05) is 18.7 Å². The van der Waals surface area contributed by atoms with Crippen LogP contribution in [0.1, 0.15) is 45.5 Å². The van der Waals surface area contributed by atoms with E-state index < -0.39 is 24.2 Å². The summed E-state index contributed by atoms with van der Waals surface area (Å²) in [7, 11) is 6.34. The Labute approximate surface area is 246 Å². The monoisotopic (exact) mass is 580 g/mol. The summed E-state index contributed by atoms with van der Waals surface area (Å²) >= 11 is 0. The van der Waals surface area contributed by atoms with Gasteiger partial charge in [-0.05, 0) is 20.3 Å². The topological polar surface area (TPSA) is 108 Å². The number of hydrogen-bond acceptors (Lipinski definition) is 9. The van der Waals surface area contributed by atoms with Gasteiger partial charge in [0.1, 0.15) is 18.1 Å². The maximum absolute atomic E-state index is 14.4. The standard InChI is InChI=1S/C32H40N2O8/c1-9-11-41-15-22-23-19(28(38-6)17(4)30(40-8)31(23)42-12-10-2)14-21-25-24-18(13-20(33-25)32(36)34(21)22)27(37-5)16(3)29(39-7)26(24)35/h9-10,20-22,25,33,35H,1-2,11-15H2,3-8H3/t20-,21-,22-,25-/m0/s1. The molecule has 3 aliphatic rings. The third kappa shape index (κ3) is 4.35. The third-order valence-electron chi connectivity index (χ3n) is 8.63. The number of hydrogen-bond donors (Lipinski definition) is 2. The number of nitrogens with one attached hydrogen (secondary N) is 1. The molecular weight excluding hydrogens is 540 g/mol. The van der Waals surface area contributed by atoms with Gasteiger partial charge >= 0.3 is 0 Å². The zero-order chi connectivity index (χ0) is 30.3. The first kappa shape index (κ1) is 29.6. The van der Waals surface area contributed by atoms with Gasteiger partial charge in [-0.3, -0.25) is 10.1 Å². The van der Waals surface area contributed by atoms with Crippen LogP contribution in [0.4, 0.5) is 0 Å². The summed E-state index contributed by atoms with van der Waals surface area (Å²) in [6.07, 6.45) is 4.13. The van der Waals surface area contributed by atoms with Gasteiger partial charge in [0.05, 0.1) is 65.8 Å². The van der Waals surface area contributed by atoms with Crippen molar-refractivity contribution < 1.29 is 38.3 Å². The molecule has 4 atom stereocenters. The van der Waals surface area contributed by atoms with Gasteiger partial charge < -0.3 is 38.4 Å². The Kier molecular flexibility index (Phi) is 8.30. The number of benzene rings is 2. The largest absolute Gasteiger partial charge is 0.504 e. The SMILES string of the molecule is C=CCOC[C@H]1c2c(c(OC)c(C)c(OC)c2OCC=C)C[C@H]2[C@@H]3N[C@@H](Cc4c(OC)c(C)c(OC)c(O)c43)C(=O)N12. The minimum atomic E-state index is -0.532. The molecule has 3 aliphatic heterocycles. The number of amides is 1. The lowest BCUT2D eigenvalue weighted by Crippen LogP contribution is -2.66. The molecule has 3 heterocycles. The number of carbonyl (C=O) groups is 1. The van der Waals surface area contributed by atoms with Crippen LogP contribution < -0.4 is 29.0 Å². The average Bonchev–Trinajstić information content (AvgIpc) is 2.98. The Morgan fingerprint density at radius 3 is 2.05 bits per heavy atom. The zero-order valence-electron chi connectivity index (χ0n) is 25.2. The van der Waals surface area contributed by atoms with Crippen LogP contribution >= 0.6 is 0 Å². The number of phenolic OH excluding ortho intramolecular Hbond substituents is 1. The van der Waals surface area contributed by atoms with Gasteiger partial charge in [0, 0.05) is 39.8 Å². The third-order valence-corrected chi connectivity index (χ3v) is 8.63. The second-order valence-electron chi connectivity index (χ2n) is 10.7. The summed E-state index contributed by atoms with van der Waals surface area (Å²) in [6, 6.07) is -1.87. The molecule has 2 bridgehead atoms. The predicted molar refractivity (Wildman–Crippen MR) is 157 cm³/mol. The summed E-state index contributed by atoms with van der Waals surface area (Å²) in [5.41, 5.74) is 4.65. The number of nitrogens with zero attached hydrogens (tertiary/aromatic N) is 1. The molecule has 0 spiro atoms. The molecule has 0 aromatic heterocycles. The Balaban J connectivity index is 1.78. The lowest BCUT2D eigenvalue weighted by Gasteiger charge is -2.54. The molecule has 5 rings (SSSR count). The number of fused-ring (bicyclic) bond motifs is 7. The van der Waals surface area contributed by atoms with Gasteiger partial charge in [-0.15, -0.1) is 6.58 Å². The highest BCUT2D eigenvalue weighted by Crippen LogP contribution is 2.56. The van der Waals surface area contributed by atoms with Crippen LogP contribution in [0.25, 0.3) is 0 Å². The molecule has 2 N–H and O–H groups in total. The van der Waals surface area contributed by atoms with Gasteiger partial charge in [-0.2, -0.15) is 0 Å². The molecule has 10 heteroatoms. The second kappa shape index (κ2) is 11.8. The highest BCUT2D eigenvalue weighted by Gasteiger charge is 2.54. The molecule has 2 aromatic rings. The van der Waals surface area contributed by atoms with Crippen molar-refractivity contribution in [3.8, 4) is 34.5 Å². The Morgan fingerprint density at radius 1 is 0.857 bits per heavy atom. The fourth-order valence-corrected chi connectivity index (χ4v) is 7.11. The smallest absolute Gasteiger partial charge is 0.240 e. The number of carbonyl (C=O) groups excluding carboxylic acids is 1. The van der Waals surface area contributed by atoms with E-state index in [0.29, 0.717) is 59.3 Å². The van der Waals surface area contributed by atoms with Gasteiger partial charge in [0.15, 0.2) is 23.0 Å². The number of aromatic hydroxyl groups is 1.